The van der Waals surface area contributed by atoms with Crippen LogP contribution in [0.2, 0.25) is 10.2 Å². The number of aromatic nitrogens is 1. The van der Waals surface area contributed by atoms with Gasteiger partial charge in [-0.1, -0.05) is 23.2 Å². The Kier molecular flexibility index (Phi) is 4.72. The van der Waals surface area contributed by atoms with E-state index >= 15 is 0 Å². The van der Waals surface area contributed by atoms with Crippen LogP contribution in [0.3, 0.4) is 0 Å². The molecule has 0 unspecified atom stereocenters. The molecule has 92 valence electrons. The Morgan fingerprint density at radius 1 is 1.47 bits per heavy atom. The number of nitrogens with zero attached hydrogens (tertiary/aromatic N) is 2. The summed E-state index contributed by atoms with van der Waals surface area (Å²) in [5, 5.41) is 0.308. The zero-order valence-electron chi connectivity index (χ0n) is 9.24. The Morgan fingerprint density at radius 3 is 2.65 bits per heavy atom. The van der Waals surface area contributed by atoms with Gasteiger partial charge in [0.05, 0.1) is 17.7 Å². The summed E-state index contributed by atoms with van der Waals surface area (Å²) >= 11 is 11.4. The largest absolute Gasteiger partial charge is 0.468 e. The van der Waals surface area contributed by atoms with Crippen molar-refractivity contribution >= 4 is 35.1 Å². The van der Waals surface area contributed by atoms with Crippen molar-refractivity contribution in [3.8, 4) is 0 Å². The summed E-state index contributed by atoms with van der Waals surface area (Å²) in [6, 6.07) is 1.40. The van der Waals surface area contributed by atoms with E-state index in [1.54, 1.807) is 0 Å². The normalized spacial score (nSPS) is 9.88. The highest BCUT2D eigenvalue weighted by Crippen LogP contribution is 2.20. The molecule has 0 radical (unpaired) electrons. The van der Waals surface area contributed by atoms with Gasteiger partial charge in [0.15, 0.2) is 0 Å². The van der Waals surface area contributed by atoms with Crippen LogP contribution in [0.1, 0.15) is 10.4 Å². The fourth-order valence-corrected chi connectivity index (χ4v) is 1.36. The molecule has 0 bridgehead atoms. The van der Waals surface area contributed by atoms with E-state index in [9.17, 15) is 9.59 Å². The number of hydrogen-bond acceptors (Lipinski definition) is 4. The van der Waals surface area contributed by atoms with Gasteiger partial charge >= 0.3 is 5.97 Å². The van der Waals surface area contributed by atoms with E-state index in [-0.39, 0.29) is 28.2 Å². The number of esters is 1. The average Bonchev–Trinajstić information content (AvgIpc) is 2.31. The molecule has 5 nitrogen and oxygen atoms in total. The highest BCUT2D eigenvalue weighted by Gasteiger charge is 2.16. The van der Waals surface area contributed by atoms with Crippen LogP contribution in [-0.2, 0) is 9.53 Å². The molecule has 17 heavy (non-hydrogen) atoms. The quantitative estimate of drug-likeness (QED) is 0.622. The molecule has 7 heteroatoms. The SMILES string of the molecule is COC(=O)CN(C)C(=O)c1cnc(Cl)c(Cl)c1. The summed E-state index contributed by atoms with van der Waals surface area (Å²) in [4.78, 5) is 27.8. The summed E-state index contributed by atoms with van der Waals surface area (Å²) in [5.41, 5.74) is 0.255. The Balaban J connectivity index is 2.81. The van der Waals surface area contributed by atoms with Gasteiger partial charge in [-0.15, -0.1) is 0 Å². The lowest BCUT2D eigenvalue weighted by Crippen LogP contribution is -2.32. The van der Waals surface area contributed by atoms with Crippen LogP contribution in [0.4, 0.5) is 0 Å². The van der Waals surface area contributed by atoms with Gasteiger partial charge < -0.3 is 9.64 Å². The van der Waals surface area contributed by atoms with Crippen LogP contribution in [0.5, 0.6) is 0 Å². The van der Waals surface area contributed by atoms with Crippen LogP contribution < -0.4 is 0 Å². The van der Waals surface area contributed by atoms with Crippen molar-refractivity contribution in [3.05, 3.63) is 28.0 Å². The van der Waals surface area contributed by atoms with Crippen LogP contribution >= 0.6 is 23.2 Å². The number of hydrogen-bond donors (Lipinski definition) is 0. The van der Waals surface area contributed by atoms with Gasteiger partial charge in [-0.05, 0) is 6.07 Å². The van der Waals surface area contributed by atoms with Gasteiger partial charge in [0.1, 0.15) is 11.7 Å². The topological polar surface area (TPSA) is 59.5 Å². The van der Waals surface area contributed by atoms with E-state index < -0.39 is 5.97 Å². The van der Waals surface area contributed by atoms with Gasteiger partial charge in [-0.3, -0.25) is 9.59 Å². The second-order valence-corrected chi connectivity index (χ2v) is 4.00. The minimum absolute atomic E-state index is 0.124. The predicted molar refractivity (Wildman–Crippen MR) is 63.2 cm³/mol. The standard InChI is InChI=1S/C10H10Cl2N2O3/c1-14(5-8(15)17-2)10(16)6-3-7(11)9(12)13-4-6/h3-4H,5H2,1-2H3. The molecule has 0 fully saturated rings. The molecule has 1 heterocycles. The number of carbonyl (C=O) groups is 2. The monoisotopic (exact) mass is 276 g/mol. The Labute approximate surface area is 108 Å². The fourth-order valence-electron chi connectivity index (χ4n) is 1.09. The smallest absolute Gasteiger partial charge is 0.325 e. The van der Waals surface area contributed by atoms with Crippen LogP contribution in [0.15, 0.2) is 12.3 Å². The lowest BCUT2D eigenvalue weighted by Gasteiger charge is -2.15. The molecule has 0 N–H and O–H groups in total. The van der Waals surface area contributed by atoms with Gasteiger partial charge in [-0.2, -0.15) is 0 Å². The molecule has 0 spiro atoms. The highest BCUT2D eigenvalue weighted by molar-refractivity contribution is 6.41. The number of halogens is 2. The molecule has 0 saturated carbocycles. The summed E-state index contributed by atoms with van der Waals surface area (Å²) in [6.07, 6.45) is 1.30. The molecule has 0 atom stereocenters. The van der Waals surface area contributed by atoms with Crippen LogP contribution in [-0.4, -0.2) is 42.5 Å². The van der Waals surface area contributed by atoms with Gasteiger partial charge in [-0.25, -0.2) is 4.98 Å². The summed E-state index contributed by atoms with van der Waals surface area (Å²) in [5.74, 6) is -0.893. The predicted octanol–water partition coefficient (Wildman–Crippen LogP) is 1.63. The first-order valence-electron chi connectivity index (χ1n) is 4.59. The third-order valence-corrected chi connectivity index (χ3v) is 2.67. The van der Waals surface area contributed by atoms with Crippen molar-refractivity contribution in [2.24, 2.45) is 0 Å². The number of carbonyl (C=O) groups excluding carboxylic acids is 2. The average molecular weight is 277 g/mol. The number of pyridine rings is 1. The van der Waals surface area contributed by atoms with E-state index in [1.165, 1.54) is 31.3 Å². The molecule has 0 aliphatic rings. The van der Waals surface area contributed by atoms with Crippen molar-refractivity contribution in [1.29, 1.82) is 0 Å². The first-order valence-corrected chi connectivity index (χ1v) is 5.34. The van der Waals surface area contributed by atoms with E-state index in [4.69, 9.17) is 23.2 Å². The zero-order valence-corrected chi connectivity index (χ0v) is 10.7. The highest BCUT2D eigenvalue weighted by atomic mass is 35.5. The van der Waals surface area contributed by atoms with Crippen LogP contribution in [0.25, 0.3) is 0 Å². The van der Waals surface area contributed by atoms with Gasteiger partial charge in [0.25, 0.3) is 5.91 Å². The molecule has 1 aromatic rings. The summed E-state index contributed by atoms with van der Waals surface area (Å²) < 4.78 is 4.45. The van der Waals surface area contributed by atoms with E-state index in [2.05, 4.69) is 9.72 Å². The molecule has 0 saturated heterocycles. The third kappa shape index (κ3) is 3.57. The second kappa shape index (κ2) is 5.84. The lowest BCUT2D eigenvalue weighted by atomic mass is 10.2. The molecule has 1 aromatic heterocycles. The minimum Gasteiger partial charge on any atom is -0.468 e. The van der Waals surface area contributed by atoms with Crippen molar-refractivity contribution in [2.75, 3.05) is 20.7 Å². The van der Waals surface area contributed by atoms with Crippen molar-refractivity contribution in [2.45, 2.75) is 0 Å². The van der Waals surface area contributed by atoms with E-state index in [1.807, 2.05) is 0 Å². The number of likely N-dealkylation sites (N-methyl/N-ethyl adjacent to an activating group) is 1. The Bertz CT molecular complexity index is 451. The first-order chi connectivity index (χ1) is 7.95. The molecule has 1 amide bonds. The fraction of sp³-hybridized carbons (Fsp3) is 0.300. The maximum atomic E-state index is 11.8. The Morgan fingerprint density at radius 2 is 2.12 bits per heavy atom. The summed E-state index contributed by atoms with van der Waals surface area (Å²) in [6.45, 7) is -0.143. The second-order valence-electron chi connectivity index (χ2n) is 3.23. The number of rotatable bonds is 3. The minimum atomic E-state index is -0.506. The maximum Gasteiger partial charge on any atom is 0.325 e. The van der Waals surface area contributed by atoms with Crippen molar-refractivity contribution < 1.29 is 14.3 Å². The van der Waals surface area contributed by atoms with Crippen molar-refractivity contribution in [3.63, 3.8) is 0 Å². The number of methoxy groups -OCH3 is 1. The maximum absolute atomic E-state index is 11.8. The van der Waals surface area contributed by atoms with E-state index in [0.29, 0.717) is 0 Å². The first kappa shape index (κ1) is 13.7. The molecule has 1 rings (SSSR count). The molecular weight excluding hydrogens is 267 g/mol. The number of amides is 1. The Hall–Kier alpha value is -1.33. The zero-order chi connectivity index (χ0) is 13.0. The van der Waals surface area contributed by atoms with Crippen molar-refractivity contribution in [1.82, 2.24) is 9.88 Å². The molecule has 0 aliphatic heterocycles. The van der Waals surface area contributed by atoms with Crippen LogP contribution in [0, 0.1) is 0 Å². The molecular formula is C10H10Cl2N2O3. The van der Waals surface area contributed by atoms with Gasteiger partial charge in [0, 0.05) is 13.2 Å². The third-order valence-electron chi connectivity index (χ3n) is 1.98. The van der Waals surface area contributed by atoms with Gasteiger partial charge in [0.2, 0.25) is 0 Å². The number of ether oxygens (including phenoxy) is 1. The molecule has 0 aliphatic carbocycles. The lowest BCUT2D eigenvalue weighted by molar-refractivity contribution is -0.141. The van der Waals surface area contributed by atoms with E-state index in [0.717, 1.165) is 0 Å². The summed E-state index contributed by atoms with van der Waals surface area (Å²) in [7, 11) is 2.73. The molecule has 0 aromatic carbocycles.